The van der Waals surface area contributed by atoms with Crippen molar-refractivity contribution in [3.05, 3.63) is 29.6 Å². The topological polar surface area (TPSA) is 47.6 Å². The minimum absolute atomic E-state index is 0.301. The minimum Gasteiger partial charge on any atom is -0.491 e. The third-order valence-electron chi connectivity index (χ3n) is 2.32. The van der Waals surface area contributed by atoms with Crippen molar-refractivity contribution in [1.82, 2.24) is 5.32 Å². The molecule has 0 fully saturated rings. The van der Waals surface area contributed by atoms with Crippen LogP contribution in [0.1, 0.15) is 18.5 Å². The van der Waals surface area contributed by atoms with Gasteiger partial charge in [0, 0.05) is 5.56 Å². The molecule has 2 rings (SSSR count). The number of rotatable bonds is 2. The Morgan fingerprint density at radius 2 is 2.50 bits per heavy atom. The predicted molar refractivity (Wildman–Crippen MR) is 54.8 cm³/mol. The predicted octanol–water partition coefficient (Wildman–Crippen LogP) is 2.01. The van der Waals surface area contributed by atoms with Gasteiger partial charge in [-0.05, 0) is 25.1 Å². The Bertz CT molecular complexity index is 408. The molecule has 1 atom stereocenters. The lowest BCUT2D eigenvalue weighted by molar-refractivity contribution is 0.145. The second-order valence-electron chi connectivity index (χ2n) is 3.41. The number of ether oxygens (including phenoxy) is 2. The number of amides is 1. The molecule has 1 N–H and O–H groups in total. The molecule has 86 valence electrons. The minimum atomic E-state index is -0.520. The van der Waals surface area contributed by atoms with Crippen LogP contribution in [0.4, 0.5) is 9.18 Å². The SMILES string of the molecule is CCOC(=O)NC1COc2ccc(F)cc21. The molecular weight excluding hydrogens is 213 g/mol. The fourth-order valence-electron chi connectivity index (χ4n) is 1.62. The maximum atomic E-state index is 13.0. The van der Waals surface area contributed by atoms with Crippen LogP contribution in [-0.4, -0.2) is 19.3 Å². The lowest BCUT2D eigenvalue weighted by Crippen LogP contribution is -2.30. The van der Waals surface area contributed by atoms with Gasteiger partial charge >= 0.3 is 6.09 Å². The standard InChI is InChI=1S/C11H12FNO3/c1-2-15-11(14)13-9-6-16-10-4-3-7(12)5-8(9)10/h3-5,9H,2,6H2,1H3,(H,13,14). The number of benzene rings is 1. The van der Waals surface area contributed by atoms with Crippen molar-refractivity contribution in [2.45, 2.75) is 13.0 Å². The molecule has 16 heavy (non-hydrogen) atoms. The van der Waals surface area contributed by atoms with Crippen LogP contribution in [0, 0.1) is 5.82 Å². The first kappa shape index (κ1) is 10.7. The molecule has 0 aromatic heterocycles. The maximum Gasteiger partial charge on any atom is 0.407 e. The highest BCUT2D eigenvalue weighted by Crippen LogP contribution is 2.32. The van der Waals surface area contributed by atoms with E-state index in [4.69, 9.17) is 9.47 Å². The zero-order chi connectivity index (χ0) is 11.5. The maximum absolute atomic E-state index is 13.0. The van der Waals surface area contributed by atoms with Crippen molar-refractivity contribution < 1.29 is 18.7 Å². The molecule has 0 saturated carbocycles. The lowest BCUT2D eigenvalue weighted by Gasteiger charge is -2.11. The van der Waals surface area contributed by atoms with Gasteiger partial charge in [-0.3, -0.25) is 0 Å². The van der Waals surface area contributed by atoms with E-state index in [0.29, 0.717) is 24.5 Å². The fraction of sp³-hybridized carbons (Fsp3) is 0.364. The first-order valence-electron chi connectivity index (χ1n) is 5.06. The smallest absolute Gasteiger partial charge is 0.407 e. The van der Waals surface area contributed by atoms with E-state index in [1.165, 1.54) is 12.1 Å². The van der Waals surface area contributed by atoms with Gasteiger partial charge in [0.05, 0.1) is 12.6 Å². The number of nitrogens with one attached hydrogen (secondary N) is 1. The molecular formula is C11H12FNO3. The molecule has 0 bridgehead atoms. The van der Waals surface area contributed by atoms with Crippen LogP contribution in [0.2, 0.25) is 0 Å². The Morgan fingerprint density at radius 3 is 3.25 bits per heavy atom. The first-order chi connectivity index (χ1) is 7.70. The van der Waals surface area contributed by atoms with Gasteiger partial charge in [-0.2, -0.15) is 0 Å². The average Bonchev–Trinajstić information content (AvgIpc) is 2.61. The summed E-state index contributed by atoms with van der Waals surface area (Å²) in [6, 6.07) is 3.90. The van der Waals surface area contributed by atoms with Crippen molar-refractivity contribution in [3.63, 3.8) is 0 Å². The summed E-state index contributed by atoms with van der Waals surface area (Å²) in [7, 11) is 0. The van der Waals surface area contributed by atoms with Crippen LogP contribution in [0.15, 0.2) is 18.2 Å². The summed E-state index contributed by atoms with van der Waals surface area (Å²) in [5.74, 6) is 0.253. The summed E-state index contributed by atoms with van der Waals surface area (Å²) < 4.78 is 23.1. The summed E-state index contributed by atoms with van der Waals surface area (Å²) in [5.41, 5.74) is 0.646. The highest BCUT2D eigenvalue weighted by molar-refractivity contribution is 5.68. The van der Waals surface area contributed by atoms with Crippen LogP contribution in [-0.2, 0) is 4.74 Å². The number of carbonyl (C=O) groups excluding carboxylic acids is 1. The molecule has 4 nitrogen and oxygen atoms in total. The third-order valence-corrected chi connectivity index (χ3v) is 2.32. The highest BCUT2D eigenvalue weighted by Gasteiger charge is 2.26. The highest BCUT2D eigenvalue weighted by atomic mass is 19.1. The van der Waals surface area contributed by atoms with Gasteiger partial charge in [0.2, 0.25) is 0 Å². The Kier molecular flexibility index (Phi) is 2.94. The third kappa shape index (κ3) is 2.08. The second kappa shape index (κ2) is 4.38. The van der Waals surface area contributed by atoms with Crippen molar-refractivity contribution >= 4 is 6.09 Å². The molecule has 1 aromatic rings. The Labute approximate surface area is 92.4 Å². The zero-order valence-electron chi connectivity index (χ0n) is 8.83. The number of halogens is 1. The zero-order valence-corrected chi connectivity index (χ0v) is 8.83. The summed E-state index contributed by atoms with van der Waals surface area (Å²) in [4.78, 5) is 11.2. The van der Waals surface area contributed by atoms with Gasteiger partial charge in [0.15, 0.2) is 0 Å². The van der Waals surface area contributed by atoms with E-state index in [-0.39, 0.29) is 11.9 Å². The largest absolute Gasteiger partial charge is 0.491 e. The number of hydrogen-bond donors (Lipinski definition) is 1. The van der Waals surface area contributed by atoms with E-state index in [9.17, 15) is 9.18 Å². The van der Waals surface area contributed by atoms with Gasteiger partial charge in [-0.1, -0.05) is 0 Å². The number of carbonyl (C=O) groups is 1. The van der Waals surface area contributed by atoms with Crippen LogP contribution >= 0.6 is 0 Å². The monoisotopic (exact) mass is 225 g/mol. The number of hydrogen-bond acceptors (Lipinski definition) is 3. The van der Waals surface area contributed by atoms with E-state index in [2.05, 4.69) is 5.32 Å². The molecule has 1 aromatic carbocycles. The van der Waals surface area contributed by atoms with Crippen molar-refractivity contribution in [2.24, 2.45) is 0 Å². The summed E-state index contributed by atoms with van der Waals surface area (Å²) in [6.45, 7) is 2.32. The Morgan fingerprint density at radius 1 is 1.69 bits per heavy atom. The number of alkyl carbamates (subject to hydrolysis) is 1. The Hall–Kier alpha value is -1.78. The second-order valence-corrected chi connectivity index (χ2v) is 3.41. The molecule has 5 heteroatoms. The molecule has 1 heterocycles. The van der Waals surface area contributed by atoms with Gasteiger partial charge in [-0.25, -0.2) is 9.18 Å². The number of fused-ring (bicyclic) bond motifs is 1. The summed E-state index contributed by atoms with van der Waals surface area (Å²) >= 11 is 0. The van der Waals surface area contributed by atoms with Crippen LogP contribution in [0.5, 0.6) is 5.75 Å². The Balaban J connectivity index is 2.11. The van der Waals surface area contributed by atoms with E-state index < -0.39 is 6.09 Å². The molecule has 0 radical (unpaired) electrons. The van der Waals surface area contributed by atoms with Crippen LogP contribution < -0.4 is 10.1 Å². The van der Waals surface area contributed by atoms with Crippen molar-refractivity contribution in [1.29, 1.82) is 0 Å². The van der Waals surface area contributed by atoms with Crippen molar-refractivity contribution in [2.75, 3.05) is 13.2 Å². The quantitative estimate of drug-likeness (QED) is 0.837. The molecule has 0 spiro atoms. The molecule has 1 aliphatic rings. The molecule has 0 saturated heterocycles. The summed E-state index contributed by atoms with van der Waals surface area (Å²) in [6.07, 6.45) is -0.520. The average molecular weight is 225 g/mol. The van der Waals surface area contributed by atoms with Gasteiger partial charge in [0.25, 0.3) is 0 Å². The molecule has 1 aliphatic heterocycles. The molecule has 1 amide bonds. The normalized spacial score (nSPS) is 17.5. The lowest BCUT2D eigenvalue weighted by atomic mass is 10.1. The van der Waals surface area contributed by atoms with E-state index in [1.54, 1.807) is 13.0 Å². The van der Waals surface area contributed by atoms with E-state index >= 15 is 0 Å². The first-order valence-corrected chi connectivity index (χ1v) is 5.06. The van der Waals surface area contributed by atoms with Gasteiger partial charge < -0.3 is 14.8 Å². The van der Waals surface area contributed by atoms with Gasteiger partial charge in [-0.15, -0.1) is 0 Å². The summed E-state index contributed by atoms with van der Waals surface area (Å²) in [5, 5.41) is 2.61. The van der Waals surface area contributed by atoms with Gasteiger partial charge in [0.1, 0.15) is 18.2 Å². The van der Waals surface area contributed by atoms with E-state index in [0.717, 1.165) is 0 Å². The van der Waals surface area contributed by atoms with Crippen LogP contribution in [0.25, 0.3) is 0 Å². The molecule has 1 unspecified atom stereocenters. The van der Waals surface area contributed by atoms with Crippen molar-refractivity contribution in [3.8, 4) is 5.75 Å². The fourth-order valence-corrected chi connectivity index (χ4v) is 1.62. The molecule has 0 aliphatic carbocycles. The van der Waals surface area contributed by atoms with E-state index in [1.807, 2.05) is 0 Å². The van der Waals surface area contributed by atoms with Crippen LogP contribution in [0.3, 0.4) is 0 Å².